The van der Waals surface area contributed by atoms with Crippen molar-refractivity contribution in [1.29, 1.82) is 0 Å². The van der Waals surface area contributed by atoms with Gasteiger partial charge in [0, 0.05) is 0 Å². The van der Waals surface area contributed by atoms with Crippen molar-refractivity contribution in [3.05, 3.63) is 65.1 Å². The number of aliphatic imine (C=N–C) groups is 1. The summed E-state index contributed by atoms with van der Waals surface area (Å²) < 4.78 is 10.4. The molecule has 2 unspecified atom stereocenters. The first kappa shape index (κ1) is 20.0. The van der Waals surface area contributed by atoms with Crippen molar-refractivity contribution in [2.24, 2.45) is 4.99 Å². The standard InChI is InChI=1S/C23H18N10OS/c34-23-27-22(26-12-32-20-4-2-1-3-17(20)28-31-32)21(13-5-7-16-19(9-13)30-35-29-16)33(23)14-6-8-15-18(10-14)25-11-24-15/h1-5,7-11,14,21H,6,12H2,(H,24,25)(H,26,27,34). The lowest BCUT2D eigenvalue weighted by Gasteiger charge is -2.30. The van der Waals surface area contributed by atoms with E-state index in [1.54, 1.807) is 11.0 Å². The van der Waals surface area contributed by atoms with Gasteiger partial charge in [-0.15, -0.1) is 5.10 Å². The van der Waals surface area contributed by atoms with Gasteiger partial charge in [0.1, 0.15) is 35.1 Å². The molecule has 35 heavy (non-hydrogen) atoms. The number of imidazole rings is 1. The molecule has 172 valence electrons. The summed E-state index contributed by atoms with van der Waals surface area (Å²) in [6, 6.07) is 12.8. The normalized spacial score (nSPS) is 20.7. The summed E-state index contributed by atoms with van der Waals surface area (Å²) in [5.74, 6) is 0.554. The number of amidine groups is 1. The quantitative estimate of drug-likeness (QED) is 0.397. The molecule has 0 spiro atoms. The van der Waals surface area contributed by atoms with Crippen molar-refractivity contribution in [3.8, 4) is 0 Å². The zero-order valence-electron chi connectivity index (χ0n) is 18.2. The maximum absolute atomic E-state index is 13.3. The molecule has 1 fully saturated rings. The second kappa shape index (κ2) is 7.81. The van der Waals surface area contributed by atoms with Crippen molar-refractivity contribution in [1.82, 2.24) is 43.9 Å². The first-order chi connectivity index (χ1) is 17.2. The minimum atomic E-state index is -0.418. The number of hydrogen-bond acceptors (Lipinski definition) is 8. The van der Waals surface area contributed by atoms with Crippen LogP contribution in [0.2, 0.25) is 0 Å². The van der Waals surface area contributed by atoms with Crippen LogP contribution in [0, 0.1) is 0 Å². The van der Waals surface area contributed by atoms with Gasteiger partial charge in [0.05, 0.1) is 40.3 Å². The van der Waals surface area contributed by atoms with Crippen LogP contribution >= 0.6 is 11.7 Å². The Bertz CT molecular complexity index is 1750. The van der Waals surface area contributed by atoms with Gasteiger partial charge in [0.25, 0.3) is 0 Å². The number of para-hydroxylation sites is 1. The van der Waals surface area contributed by atoms with Gasteiger partial charge in [0.15, 0.2) is 0 Å². The maximum Gasteiger partial charge on any atom is 0.324 e. The molecule has 1 aliphatic carbocycles. The van der Waals surface area contributed by atoms with Crippen LogP contribution < -0.4 is 16.0 Å². The summed E-state index contributed by atoms with van der Waals surface area (Å²) in [7, 11) is 0. The lowest BCUT2D eigenvalue weighted by molar-refractivity contribution is 0.196. The third-order valence-corrected chi connectivity index (χ3v) is 6.92. The van der Waals surface area contributed by atoms with Crippen molar-refractivity contribution in [3.63, 3.8) is 0 Å². The van der Waals surface area contributed by atoms with E-state index in [0.29, 0.717) is 12.3 Å². The highest BCUT2D eigenvalue weighted by molar-refractivity contribution is 7.00. The Hall–Kier alpha value is -4.45. The number of carbonyl (C=O) groups is 1. The number of nitrogens with one attached hydrogen (secondary N) is 2. The highest BCUT2D eigenvalue weighted by atomic mass is 32.1. The van der Waals surface area contributed by atoms with E-state index in [4.69, 9.17) is 4.99 Å². The molecule has 2 amide bonds. The zero-order chi connectivity index (χ0) is 23.4. The third kappa shape index (κ3) is 3.29. The summed E-state index contributed by atoms with van der Waals surface area (Å²) in [5, 5.41) is 13.2. The fourth-order valence-corrected chi connectivity index (χ4v) is 5.22. The largest absolute Gasteiger partial charge is 0.345 e. The lowest BCUT2D eigenvalue weighted by Crippen LogP contribution is -2.43. The van der Waals surface area contributed by atoms with E-state index in [-0.39, 0.29) is 18.7 Å². The molecule has 0 radical (unpaired) electrons. The average Bonchev–Trinajstić information content (AvgIpc) is 3.67. The number of carbonyl (C=O) groups excluding carboxylic acids is 1. The van der Waals surface area contributed by atoms with Crippen LogP contribution in [0.5, 0.6) is 0 Å². The minimum absolute atomic E-state index is 0.181. The molecule has 11 nitrogen and oxygen atoms in total. The van der Waals surface area contributed by atoms with Crippen molar-refractivity contribution < 1.29 is 4.79 Å². The zero-order valence-corrected chi connectivity index (χ0v) is 19.1. The van der Waals surface area contributed by atoms with Gasteiger partial charge >= 0.3 is 6.03 Å². The summed E-state index contributed by atoms with van der Waals surface area (Å²) >= 11 is 1.17. The lowest BCUT2D eigenvalue weighted by atomic mass is 10.0. The van der Waals surface area contributed by atoms with Gasteiger partial charge in [-0.3, -0.25) is 5.32 Å². The highest BCUT2D eigenvalue weighted by Gasteiger charge is 2.41. The average molecular weight is 483 g/mol. The second-order valence-electron chi connectivity index (χ2n) is 8.39. The molecule has 3 aromatic heterocycles. The van der Waals surface area contributed by atoms with Crippen LogP contribution in [0.4, 0.5) is 4.79 Å². The van der Waals surface area contributed by atoms with E-state index in [1.165, 1.54) is 11.7 Å². The van der Waals surface area contributed by atoms with Crippen LogP contribution in [0.3, 0.4) is 0 Å². The molecule has 2 atom stereocenters. The number of H-pyrrole nitrogens is 1. The number of aromatic amines is 1. The van der Waals surface area contributed by atoms with Crippen LogP contribution in [-0.2, 0) is 6.67 Å². The molecule has 12 heteroatoms. The van der Waals surface area contributed by atoms with E-state index in [0.717, 1.165) is 38.3 Å². The maximum atomic E-state index is 13.3. The summed E-state index contributed by atoms with van der Waals surface area (Å²) in [4.78, 5) is 27.5. The summed E-state index contributed by atoms with van der Waals surface area (Å²) in [6.07, 6.45) is 6.43. The summed E-state index contributed by atoms with van der Waals surface area (Å²) in [5.41, 5.74) is 4.21. The fourth-order valence-electron chi connectivity index (χ4n) is 4.71. The van der Waals surface area contributed by atoms with E-state index in [2.05, 4.69) is 40.4 Å². The molecule has 1 saturated heterocycles. The number of aromatic nitrogens is 7. The number of hydrogen-bond donors (Lipinski definition) is 2. The van der Waals surface area contributed by atoms with Gasteiger partial charge in [-0.05, 0) is 42.3 Å². The molecule has 7 rings (SSSR count). The fraction of sp³-hybridized carbons (Fsp3) is 0.174. The predicted octanol–water partition coefficient (Wildman–Crippen LogP) is 1.32. The van der Waals surface area contributed by atoms with Crippen LogP contribution in [0.25, 0.3) is 34.2 Å². The molecule has 0 bridgehead atoms. The number of amides is 2. The number of rotatable bonds is 4. The molecular formula is C23H18N10OS. The first-order valence-electron chi connectivity index (χ1n) is 11.1. The number of urea groups is 1. The Balaban J connectivity index is 1.31. The molecule has 2 aromatic carbocycles. The third-order valence-electron chi connectivity index (χ3n) is 6.37. The molecule has 2 aliphatic rings. The van der Waals surface area contributed by atoms with Gasteiger partial charge < -0.3 is 9.88 Å². The van der Waals surface area contributed by atoms with Crippen LogP contribution in [-0.4, -0.2) is 56.5 Å². The Morgan fingerprint density at radius 3 is 3.00 bits per heavy atom. The topological polar surface area (TPSA) is 130 Å². The molecule has 1 aliphatic heterocycles. The van der Waals surface area contributed by atoms with Crippen molar-refractivity contribution >= 4 is 57.8 Å². The van der Waals surface area contributed by atoms with Gasteiger partial charge in [-0.2, -0.15) is 8.75 Å². The smallest absolute Gasteiger partial charge is 0.324 e. The Kier molecular flexibility index (Phi) is 4.45. The summed E-state index contributed by atoms with van der Waals surface area (Å²) in [6.45, 7) is 0.227. The predicted molar refractivity (Wildman–Crippen MR) is 131 cm³/mol. The van der Waals surface area contributed by atoms with E-state index in [9.17, 15) is 4.79 Å². The van der Waals surface area contributed by atoms with E-state index < -0.39 is 6.04 Å². The first-order valence-corrected chi connectivity index (χ1v) is 11.8. The molecule has 2 N–H and O–H groups in total. The van der Waals surface area contributed by atoms with E-state index in [1.807, 2.05) is 53.4 Å². The molecule has 4 heterocycles. The molecular weight excluding hydrogens is 464 g/mol. The number of fused-ring (bicyclic) bond motifs is 3. The minimum Gasteiger partial charge on any atom is -0.345 e. The SMILES string of the molecule is O=C1N/C(=N/Cn2nnc3ccccc32)C(c2ccc3nsnc3c2)N1C1C=c2nc[nH]c2=CC1. The van der Waals surface area contributed by atoms with Gasteiger partial charge in [0.2, 0.25) is 0 Å². The van der Waals surface area contributed by atoms with Crippen molar-refractivity contribution in [2.45, 2.75) is 25.2 Å². The van der Waals surface area contributed by atoms with Crippen LogP contribution in [0.1, 0.15) is 18.0 Å². The van der Waals surface area contributed by atoms with Gasteiger partial charge in [-0.25, -0.2) is 19.5 Å². The Labute approximate surface area is 201 Å². The Morgan fingerprint density at radius 2 is 2.03 bits per heavy atom. The Morgan fingerprint density at radius 1 is 1.11 bits per heavy atom. The molecule has 0 saturated carbocycles. The highest BCUT2D eigenvalue weighted by Crippen LogP contribution is 2.32. The van der Waals surface area contributed by atoms with Gasteiger partial charge in [-0.1, -0.05) is 29.5 Å². The monoisotopic (exact) mass is 482 g/mol. The van der Waals surface area contributed by atoms with Crippen LogP contribution in [0.15, 0.2) is 53.8 Å². The number of benzene rings is 2. The van der Waals surface area contributed by atoms with E-state index >= 15 is 0 Å². The van der Waals surface area contributed by atoms with Crippen molar-refractivity contribution in [2.75, 3.05) is 0 Å². The second-order valence-corrected chi connectivity index (χ2v) is 8.92. The molecule has 5 aromatic rings. The number of nitrogens with zero attached hydrogens (tertiary/aromatic N) is 8.